The Labute approximate surface area is 145 Å². The normalized spacial score (nSPS) is 24.3. The minimum absolute atomic E-state index is 0.0266. The number of nitrogens with zero attached hydrogens (tertiary/aromatic N) is 1. The third-order valence-corrected chi connectivity index (χ3v) is 7.56. The van der Waals surface area contributed by atoms with E-state index >= 15 is 0 Å². The molecule has 3 aromatic rings. The smallest absolute Gasteiger partial charge is 0.183 e. The average molecular weight is 355 g/mol. The van der Waals surface area contributed by atoms with Crippen molar-refractivity contribution in [2.24, 2.45) is 0 Å². The molecule has 2 aliphatic heterocycles. The fraction of sp³-hybridized carbons (Fsp3) is 0.263. The van der Waals surface area contributed by atoms with E-state index in [1.54, 1.807) is 31.1 Å². The molecule has 2 aromatic heterocycles. The van der Waals surface area contributed by atoms with Gasteiger partial charge in [0.2, 0.25) is 0 Å². The summed E-state index contributed by atoms with van der Waals surface area (Å²) in [6, 6.07) is 9.46. The molecule has 1 saturated heterocycles. The van der Waals surface area contributed by atoms with Gasteiger partial charge < -0.3 is 8.83 Å². The Balaban J connectivity index is 1.51. The van der Waals surface area contributed by atoms with Crippen molar-refractivity contribution in [2.75, 3.05) is 13.1 Å². The highest BCUT2D eigenvalue weighted by atomic mass is 32.2. The maximum atomic E-state index is 12.9. The molecule has 0 radical (unpaired) electrons. The van der Waals surface area contributed by atoms with E-state index in [0.717, 1.165) is 35.3 Å². The molecule has 1 aromatic carbocycles. The number of likely N-dealkylation sites (tertiary alicyclic amines) is 1. The highest BCUT2D eigenvalue weighted by Crippen LogP contribution is 2.46. The largest absolute Gasteiger partial charge is 0.472 e. The molecule has 0 saturated carbocycles. The predicted octanol–water partition coefficient (Wildman–Crippen LogP) is 3.29. The van der Waals surface area contributed by atoms with Gasteiger partial charge in [-0.05, 0) is 35.4 Å². The quantitative estimate of drug-likeness (QED) is 0.721. The number of benzene rings is 1. The van der Waals surface area contributed by atoms with Gasteiger partial charge >= 0.3 is 0 Å². The van der Waals surface area contributed by atoms with E-state index in [-0.39, 0.29) is 11.2 Å². The third-order valence-electron chi connectivity index (χ3n) is 5.30. The van der Waals surface area contributed by atoms with Crippen LogP contribution in [0.1, 0.15) is 17.0 Å². The van der Waals surface area contributed by atoms with Crippen LogP contribution < -0.4 is 0 Å². The molecule has 6 heteroatoms. The van der Waals surface area contributed by atoms with Crippen molar-refractivity contribution >= 4 is 9.84 Å². The van der Waals surface area contributed by atoms with E-state index in [2.05, 4.69) is 4.90 Å². The Morgan fingerprint density at radius 2 is 1.84 bits per heavy atom. The molecule has 128 valence electrons. The summed E-state index contributed by atoms with van der Waals surface area (Å²) >= 11 is 0. The third kappa shape index (κ3) is 2.28. The zero-order valence-corrected chi connectivity index (χ0v) is 14.3. The number of rotatable bonds is 3. The summed E-state index contributed by atoms with van der Waals surface area (Å²) in [4.78, 5) is 2.70. The number of hydrogen-bond donors (Lipinski definition) is 0. The van der Waals surface area contributed by atoms with Crippen molar-refractivity contribution in [3.8, 4) is 11.1 Å². The van der Waals surface area contributed by atoms with Crippen molar-refractivity contribution in [1.29, 1.82) is 0 Å². The summed E-state index contributed by atoms with van der Waals surface area (Å²) in [5, 5.41) is -0.353. The van der Waals surface area contributed by atoms with Crippen LogP contribution in [0, 0.1) is 0 Å². The second kappa shape index (κ2) is 5.34. The lowest BCUT2D eigenvalue weighted by atomic mass is 9.95. The number of furan rings is 2. The maximum absolute atomic E-state index is 12.9. The zero-order chi connectivity index (χ0) is 17.0. The van der Waals surface area contributed by atoms with Gasteiger partial charge in [-0.2, -0.15) is 0 Å². The van der Waals surface area contributed by atoms with E-state index in [1.807, 2.05) is 24.3 Å². The van der Waals surface area contributed by atoms with Crippen LogP contribution in [-0.2, 0) is 16.4 Å². The molecule has 4 heterocycles. The monoisotopic (exact) mass is 355 g/mol. The van der Waals surface area contributed by atoms with Crippen molar-refractivity contribution < 1.29 is 17.3 Å². The van der Waals surface area contributed by atoms with Crippen molar-refractivity contribution in [3.63, 3.8) is 0 Å². The minimum atomic E-state index is -3.27. The first kappa shape index (κ1) is 15.0. The van der Waals surface area contributed by atoms with Gasteiger partial charge in [0, 0.05) is 36.7 Å². The topological polar surface area (TPSA) is 63.7 Å². The molecule has 0 amide bonds. The molecular weight excluding hydrogens is 338 g/mol. The van der Waals surface area contributed by atoms with E-state index in [9.17, 15) is 8.42 Å². The van der Waals surface area contributed by atoms with Gasteiger partial charge in [0.15, 0.2) is 9.84 Å². The van der Waals surface area contributed by atoms with Crippen LogP contribution in [0.2, 0.25) is 0 Å². The van der Waals surface area contributed by atoms with Crippen molar-refractivity contribution in [1.82, 2.24) is 4.90 Å². The summed E-state index contributed by atoms with van der Waals surface area (Å²) in [6.45, 7) is 2.03. The predicted molar refractivity (Wildman–Crippen MR) is 91.8 cm³/mol. The van der Waals surface area contributed by atoms with E-state index in [4.69, 9.17) is 8.83 Å². The SMILES string of the molecule is O=S1(=O)c2ccc(-c3ccoc3)cc2[C@@H]2CN(Cc3ccoc3)C[C@@H]21. The summed E-state index contributed by atoms with van der Waals surface area (Å²) in [5.41, 5.74) is 3.98. The molecular formula is C19H17NO4S. The first-order valence-corrected chi connectivity index (χ1v) is 9.81. The number of hydrogen-bond acceptors (Lipinski definition) is 5. The maximum Gasteiger partial charge on any atom is 0.183 e. The van der Waals surface area contributed by atoms with Gasteiger partial charge in [0.05, 0.1) is 35.2 Å². The Hall–Kier alpha value is -2.31. The Kier molecular flexibility index (Phi) is 3.20. The highest BCUT2D eigenvalue weighted by Gasteiger charge is 2.50. The number of sulfone groups is 1. The molecule has 0 unspecified atom stereocenters. The molecule has 0 aliphatic carbocycles. The lowest BCUT2D eigenvalue weighted by molar-refractivity contribution is 0.324. The second-order valence-corrected chi connectivity index (χ2v) is 8.92. The van der Waals surface area contributed by atoms with E-state index < -0.39 is 9.84 Å². The molecule has 2 atom stereocenters. The molecule has 0 N–H and O–H groups in total. The van der Waals surface area contributed by atoms with Gasteiger partial charge in [0.25, 0.3) is 0 Å². The molecule has 5 rings (SSSR count). The van der Waals surface area contributed by atoms with Crippen molar-refractivity contribution in [2.45, 2.75) is 22.6 Å². The highest BCUT2D eigenvalue weighted by molar-refractivity contribution is 7.92. The number of fused-ring (bicyclic) bond motifs is 3. The van der Waals surface area contributed by atoms with E-state index in [1.165, 1.54) is 0 Å². The second-order valence-electron chi connectivity index (χ2n) is 6.78. The summed E-state index contributed by atoms with van der Waals surface area (Å²) in [5.74, 6) is 0.0266. The Morgan fingerprint density at radius 3 is 2.60 bits per heavy atom. The fourth-order valence-electron chi connectivity index (χ4n) is 4.10. The zero-order valence-electron chi connectivity index (χ0n) is 13.5. The van der Waals surface area contributed by atoms with Crippen molar-refractivity contribution in [3.05, 3.63) is 66.5 Å². The van der Waals surface area contributed by atoms with Gasteiger partial charge in [-0.25, -0.2) is 8.42 Å². The van der Waals surface area contributed by atoms with Gasteiger partial charge in [-0.15, -0.1) is 0 Å². The van der Waals surface area contributed by atoms with Crippen LogP contribution >= 0.6 is 0 Å². The lowest BCUT2D eigenvalue weighted by Crippen LogP contribution is -2.25. The van der Waals surface area contributed by atoms with Crippen LogP contribution in [0.5, 0.6) is 0 Å². The van der Waals surface area contributed by atoms with Crippen LogP contribution in [0.15, 0.2) is 69.1 Å². The molecule has 5 nitrogen and oxygen atoms in total. The van der Waals surface area contributed by atoms with Crippen LogP contribution in [-0.4, -0.2) is 31.7 Å². The van der Waals surface area contributed by atoms with E-state index in [0.29, 0.717) is 11.4 Å². The standard InChI is InChI=1S/C19H17NO4S/c21-25(22)18-2-1-14(15-4-6-24-12-15)7-16(18)17-9-20(10-19(17)25)8-13-3-5-23-11-13/h1-7,11-12,17,19H,8-10H2/t17-,19-/m0/s1. The van der Waals surface area contributed by atoms with Crippen LogP contribution in [0.25, 0.3) is 11.1 Å². The summed E-state index contributed by atoms with van der Waals surface area (Å²) in [6.07, 6.45) is 6.68. The van der Waals surface area contributed by atoms with Crippen LogP contribution in [0.3, 0.4) is 0 Å². The average Bonchev–Trinajstić information content (AvgIpc) is 3.37. The minimum Gasteiger partial charge on any atom is -0.472 e. The summed E-state index contributed by atoms with van der Waals surface area (Å²) in [7, 11) is -3.27. The first-order valence-electron chi connectivity index (χ1n) is 8.27. The molecule has 0 spiro atoms. The lowest BCUT2D eigenvalue weighted by Gasteiger charge is -2.16. The molecule has 2 aliphatic rings. The Morgan fingerprint density at radius 1 is 1.00 bits per heavy atom. The molecule has 25 heavy (non-hydrogen) atoms. The van der Waals surface area contributed by atoms with Gasteiger partial charge in [-0.3, -0.25) is 4.90 Å². The van der Waals surface area contributed by atoms with Gasteiger partial charge in [-0.1, -0.05) is 6.07 Å². The molecule has 0 bridgehead atoms. The first-order chi connectivity index (χ1) is 12.1. The fourth-order valence-corrected chi connectivity index (χ4v) is 6.30. The Bertz CT molecular complexity index is 1010. The van der Waals surface area contributed by atoms with Gasteiger partial charge in [0.1, 0.15) is 0 Å². The summed E-state index contributed by atoms with van der Waals surface area (Å²) < 4.78 is 36.2. The van der Waals surface area contributed by atoms with Crippen LogP contribution in [0.4, 0.5) is 0 Å². The molecule has 1 fully saturated rings.